The number of ether oxygens (including phenoxy) is 1. The normalized spacial score (nSPS) is 15.7. The zero-order chi connectivity index (χ0) is 10.8. The van der Waals surface area contributed by atoms with Crippen molar-refractivity contribution in [2.45, 2.75) is 25.4 Å². The first-order valence-electron chi connectivity index (χ1n) is 4.96. The van der Waals surface area contributed by atoms with Gasteiger partial charge in [-0.2, -0.15) is 0 Å². The first kappa shape index (κ1) is 9.83. The number of carbonyl (C=O) groups excluding carboxylic acids is 1. The zero-order valence-electron chi connectivity index (χ0n) is 8.27. The van der Waals surface area contributed by atoms with E-state index in [-0.39, 0.29) is 17.4 Å². The van der Waals surface area contributed by atoms with Crippen molar-refractivity contribution in [1.29, 1.82) is 0 Å². The fourth-order valence-electron chi connectivity index (χ4n) is 1.42. The van der Waals surface area contributed by atoms with Crippen molar-refractivity contribution in [1.82, 2.24) is 0 Å². The molecule has 4 heteroatoms. The third-order valence-corrected chi connectivity index (χ3v) is 2.57. The Hall–Kier alpha value is -1.71. The van der Waals surface area contributed by atoms with Gasteiger partial charge in [-0.3, -0.25) is 0 Å². The molecule has 1 saturated carbocycles. The van der Waals surface area contributed by atoms with Crippen molar-refractivity contribution in [2.24, 2.45) is 0 Å². The summed E-state index contributed by atoms with van der Waals surface area (Å²) < 4.78 is 5.15. The fraction of sp³-hybridized carbons (Fsp3) is 0.364. The number of benzene rings is 1. The van der Waals surface area contributed by atoms with Crippen molar-refractivity contribution < 1.29 is 14.6 Å². The second-order valence-corrected chi connectivity index (χ2v) is 3.73. The van der Waals surface area contributed by atoms with E-state index < -0.39 is 5.97 Å². The monoisotopic (exact) mass is 207 g/mol. The predicted octanol–water partition coefficient (Wildman–Crippen LogP) is 1.68. The standard InChI is InChI=1S/C11H13NO3/c12-7-4-5-9(10(13)6-7)11(14)15-8-2-1-3-8/h4-6,8,13H,1-3,12H2. The summed E-state index contributed by atoms with van der Waals surface area (Å²) >= 11 is 0. The molecule has 0 spiro atoms. The van der Waals surface area contributed by atoms with Crippen LogP contribution in [0, 0.1) is 0 Å². The molecule has 15 heavy (non-hydrogen) atoms. The van der Waals surface area contributed by atoms with Crippen molar-refractivity contribution >= 4 is 11.7 Å². The van der Waals surface area contributed by atoms with E-state index in [4.69, 9.17) is 10.5 Å². The smallest absolute Gasteiger partial charge is 0.342 e. The summed E-state index contributed by atoms with van der Waals surface area (Å²) in [6, 6.07) is 4.39. The molecule has 0 radical (unpaired) electrons. The SMILES string of the molecule is Nc1ccc(C(=O)OC2CCC2)c(O)c1. The van der Waals surface area contributed by atoms with Crippen molar-refractivity contribution in [2.75, 3.05) is 5.73 Å². The van der Waals surface area contributed by atoms with Crippen molar-refractivity contribution in [3.63, 3.8) is 0 Å². The maximum atomic E-state index is 11.6. The van der Waals surface area contributed by atoms with Crippen LogP contribution in [0.1, 0.15) is 29.6 Å². The number of hydrogen-bond donors (Lipinski definition) is 2. The molecule has 1 aromatic rings. The largest absolute Gasteiger partial charge is 0.507 e. The van der Waals surface area contributed by atoms with Crippen LogP contribution in [-0.4, -0.2) is 17.2 Å². The van der Waals surface area contributed by atoms with Crippen LogP contribution in [0.4, 0.5) is 5.69 Å². The number of phenolic OH excluding ortho intramolecular Hbond substituents is 1. The molecule has 0 aliphatic heterocycles. The first-order valence-corrected chi connectivity index (χ1v) is 4.96. The molecular formula is C11H13NO3. The van der Waals surface area contributed by atoms with Crippen LogP contribution < -0.4 is 5.73 Å². The van der Waals surface area contributed by atoms with E-state index in [1.165, 1.54) is 12.1 Å². The summed E-state index contributed by atoms with van der Waals surface area (Å²) in [7, 11) is 0. The van der Waals surface area contributed by atoms with Crippen LogP contribution in [0.3, 0.4) is 0 Å². The molecule has 1 aromatic carbocycles. The number of phenols is 1. The van der Waals surface area contributed by atoms with E-state index in [0.717, 1.165) is 19.3 Å². The van der Waals surface area contributed by atoms with Crippen molar-refractivity contribution in [3.8, 4) is 5.75 Å². The average molecular weight is 207 g/mol. The number of anilines is 1. The molecule has 1 aliphatic rings. The first-order chi connectivity index (χ1) is 7.16. The summed E-state index contributed by atoms with van der Waals surface area (Å²) in [5, 5.41) is 9.48. The summed E-state index contributed by atoms with van der Waals surface area (Å²) in [5.41, 5.74) is 6.05. The maximum Gasteiger partial charge on any atom is 0.342 e. The summed E-state index contributed by atoms with van der Waals surface area (Å²) in [4.78, 5) is 11.6. The van der Waals surface area contributed by atoms with Gasteiger partial charge in [0.25, 0.3) is 0 Å². The summed E-state index contributed by atoms with van der Waals surface area (Å²) in [6.45, 7) is 0. The van der Waals surface area contributed by atoms with Gasteiger partial charge in [-0.15, -0.1) is 0 Å². The molecule has 80 valence electrons. The second kappa shape index (κ2) is 3.81. The number of aromatic hydroxyl groups is 1. The molecule has 0 unspecified atom stereocenters. The number of esters is 1. The van der Waals surface area contributed by atoms with Gasteiger partial charge in [0.05, 0.1) is 0 Å². The zero-order valence-corrected chi connectivity index (χ0v) is 8.27. The van der Waals surface area contributed by atoms with Crippen LogP contribution in [0.25, 0.3) is 0 Å². The number of carbonyl (C=O) groups is 1. The van der Waals surface area contributed by atoms with Crippen LogP contribution in [0.5, 0.6) is 5.75 Å². The van der Waals surface area contributed by atoms with Gasteiger partial charge >= 0.3 is 5.97 Å². The highest BCUT2D eigenvalue weighted by molar-refractivity contribution is 5.93. The van der Waals surface area contributed by atoms with Crippen LogP contribution in [0.15, 0.2) is 18.2 Å². The maximum absolute atomic E-state index is 11.6. The predicted molar refractivity (Wildman–Crippen MR) is 55.6 cm³/mol. The lowest BCUT2D eigenvalue weighted by atomic mass is 9.96. The van der Waals surface area contributed by atoms with Gasteiger partial charge in [-0.25, -0.2) is 4.79 Å². The molecule has 0 saturated heterocycles. The minimum absolute atomic E-state index is 0.0226. The minimum Gasteiger partial charge on any atom is -0.507 e. The number of nitrogen functional groups attached to an aromatic ring is 1. The molecule has 0 bridgehead atoms. The Balaban J connectivity index is 2.10. The van der Waals surface area contributed by atoms with E-state index in [2.05, 4.69) is 0 Å². The van der Waals surface area contributed by atoms with Crippen LogP contribution in [0.2, 0.25) is 0 Å². The Morgan fingerprint density at radius 2 is 2.20 bits per heavy atom. The Kier molecular flexibility index (Phi) is 2.49. The summed E-state index contributed by atoms with van der Waals surface area (Å²) in [5.74, 6) is -0.600. The van der Waals surface area contributed by atoms with E-state index in [0.29, 0.717) is 5.69 Å². The topological polar surface area (TPSA) is 72.6 Å². The Bertz CT molecular complexity index is 385. The highest BCUT2D eigenvalue weighted by Gasteiger charge is 2.23. The Labute approximate surface area is 87.7 Å². The summed E-state index contributed by atoms with van der Waals surface area (Å²) in [6.07, 6.45) is 2.96. The van der Waals surface area contributed by atoms with Gasteiger partial charge in [0.2, 0.25) is 0 Å². The molecule has 0 amide bonds. The van der Waals surface area contributed by atoms with Crippen molar-refractivity contribution in [3.05, 3.63) is 23.8 Å². The molecule has 2 rings (SSSR count). The molecule has 1 fully saturated rings. The van der Waals surface area contributed by atoms with Crippen LogP contribution in [-0.2, 0) is 4.74 Å². The lowest BCUT2D eigenvalue weighted by molar-refractivity contribution is 0.00875. The molecule has 1 aliphatic carbocycles. The third kappa shape index (κ3) is 2.03. The van der Waals surface area contributed by atoms with Gasteiger partial charge in [-0.05, 0) is 31.4 Å². The van der Waals surface area contributed by atoms with E-state index in [9.17, 15) is 9.90 Å². The second-order valence-electron chi connectivity index (χ2n) is 3.73. The lowest BCUT2D eigenvalue weighted by Gasteiger charge is -2.25. The Morgan fingerprint density at radius 1 is 1.47 bits per heavy atom. The van der Waals surface area contributed by atoms with E-state index in [1.807, 2.05) is 0 Å². The van der Waals surface area contributed by atoms with E-state index in [1.54, 1.807) is 6.07 Å². The molecule has 4 nitrogen and oxygen atoms in total. The van der Waals surface area contributed by atoms with Gasteiger partial charge < -0.3 is 15.6 Å². The van der Waals surface area contributed by atoms with E-state index >= 15 is 0 Å². The third-order valence-electron chi connectivity index (χ3n) is 2.57. The van der Waals surface area contributed by atoms with Gasteiger partial charge in [0, 0.05) is 11.8 Å². The molecular weight excluding hydrogens is 194 g/mol. The fourth-order valence-corrected chi connectivity index (χ4v) is 1.42. The minimum atomic E-state index is -0.475. The van der Waals surface area contributed by atoms with Gasteiger partial charge in [-0.1, -0.05) is 0 Å². The average Bonchev–Trinajstić information content (AvgIpc) is 2.11. The van der Waals surface area contributed by atoms with Gasteiger partial charge in [0.1, 0.15) is 17.4 Å². The quantitative estimate of drug-likeness (QED) is 0.571. The molecule has 3 N–H and O–H groups in total. The molecule has 0 heterocycles. The highest BCUT2D eigenvalue weighted by atomic mass is 16.5. The highest BCUT2D eigenvalue weighted by Crippen LogP contribution is 2.26. The van der Waals surface area contributed by atoms with Gasteiger partial charge in [0.15, 0.2) is 0 Å². The molecule has 0 aromatic heterocycles. The van der Waals surface area contributed by atoms with Crippen LogP contribution >= 0.6 is 0 Å². The molecule has 0 atom stereocenters. The number of nitrogens with two attached hydrogens (primary N) is 1. The number of rotatable bonds is 2. The number of hydrogen-bond acceptors (Lipinski definition) is 4. The Morgan fingerprint density at radius 3 is 2.73 bits per heavy atom. The lowest BCUT2D eigenvalue weighted by Crippen LogP contribution is -2.25.